The molecule has 0 spiro atoms. The third-order valence-electron chi connectivity index (χ3n) is 2.54. The molecule has 1 aromatic carbocycles. The maximum absolute atomic E-state index is 12.2. The summed E-state index contributed by atoms with van der Waals surface area (Å²) in [4.78, 5) is 16.1. The topological polar surface area (TPSA) is 68.3 Å². The van der Waals surface area contributed by atoms with Gasteiger partial charge < -0.3 is 9.62 Å². The number of nitrogens with zero attached hydrogens (tertiary/aromatic N) is 2. The van der Waals surface area contributed by atoms with E-state index in [0.717, 1.165) is 4.73 Å². The smallest absolute Gasteiger partial charge is 0.203 e. The molecule has 0 atom stereocenters. The van der Waals surface area contributed by atoms with Crippen LogP contribution in [0.15, 0.2) is 52.1 Å². The number of imidazole rings is 1. The van der Waals surface area contributed by atoms with Gasteiger partial charge in [-0.05, 0) is 12.1 Å². The molecule has 3 rings (SSSR count). The molecule has 0 aliphatic heterocycles. The fraction of sp³-hybridized carbons (Fsp3) is 0. The summed E-state index contributed by atoms with van der Waals surface area (Å²) in [5, 5.41) is 9.94. The van der Waals surface area contributed by atoms with Gasteiger partial charge in [0.05, 0.1) is 11.6 Å². The van der Waals surface area contributed by atoms with Gasteiger partial charge in [0, 0.05) is 6.20 Å². The Morgan fingerprint density at radius 1 is 1.29 bits per heavy atom. The number of rotatable bonds is 1. The number of hydrogen-bond acceptors (Lipinski definition) is 4. The Hall–Kier alpha value is -2.56. The van der Waals surface area contributed by atoms with E-state index in [1.165, 1.54) is 18.7 Å². The lowest BCUT2D eigenvalue weighted by molar-refractivity contribution is 0.190. The number of aromatic nitrogens is 2. The van der Waals surface area contributed by atoms with Gasteiger partial charge in [-0.3, -0.25) is 4.79 Å². The molecule has 84 valence electrons. The lowest BCUT2D eigenvalue weighted by atomic mass is 10.1. The normalized spacial score (nSPS) is 10.8. The van der Waals surface area contributed by atoms with Crippen LogP contribution in [0, 0.1) is 0 Å². The van der Waals surface area contributed by atoms with Gasteiger partial charge in [-0.2, -0.15) is 4.73 Å². The maximum atomic E-state index is 12.2. The minimum Gasteiger partial charge on any atom is -0.463 e. The average molecular weight is 228 g/mol. The molecular weight excluding hydrogens is 220 g/mol. The molecule has 0 saturated carbocycles. The lowest BCUT2D eigenvalue weighted by Crippen LogP contribution is -2.07. The van der Waals surface area contributed by atoms with Crippen molar-refractivity contribution in [1.29, 1.82) is 0 Å². The molecule has 1 N–H and O–H groups in total. The molecule has 5 nitrogen and oxygen atoms in total. The van der Waals surface area contributed by atoms with E-state index in [2.05, 4.69) is 4.98 Å². The molecule has 0 fully saturated rings. The predicted molar refractivity (Wildman–Crippen MR) is 60.9 cm³/mol. The van der Waals surface area contributed by atoms with Crippen LogP contribution in [0.1, 0.15) is 0 Å². The molecule has 0 saturated heterocycles. The number of para-hydroxylation sites is 1. The zero-order chi connectivity index (χ0) is 11.8. The van der Waals surface area contributed by atoms with Gasteiger partial charge in [0.2, 0.25) is 5.43 Å². The third kappa shape index (κ3) is 1.40. The summed E-state index contributed by atoms with van der Waals surface area (Å²) in [7, 11) is 0. The fourth-order valence-electron chi connectivity index (χ4n) is 1.72. The SMILES string of the molecule is O=c1c(-c2nccn2O)coc2ccccc12. The van der Waals surface area contributed by atoms with E-state index < -0.39 is 0 Å². The van der Waals surface area contributed by atoms with Crippen molar-refractivity contribution in [3.8, 4) is 11.4 Å². The molecule has 2 heterocycles. The lowest BCUT2D eigenvalue weighted by Gasteiger charge is -2.01. The molecule has 0 radical (unpaired) electrons. The Labute approximate surface area is 95.5 Å². The summed E-state index contributed by atoms with van der Waals surface area (Å²) >= 11 is 0. The summed E-state index contributed by atoms with van der Waals surface area (Å²) in [5.74, 6) is 0.171. The van der Waals surface area contributed by atoms with Crippen molar-refractivity contribution in [2.24, 2.45) is 0 Å². The van der Waals surface area contributed by atoms with Crippen LogP contribution in [0.4, 0.5) is 0 Å². The second kappa shape index (κ2) is 3.48. The first-order valence-electron chi connectivity index (χ1n) is 5.01. The molecular formula is C12H8N2O3. The first-order valence-corrected chi connectivity index (χ1v) is 5.01. The Morgan fingerprint density at radius 3 is 2.88 bits per heavy atom. The molecule has 17 heavy (non-hydrogen) atoms. The zero-order valence-corrected chi connectivity index (χ0v) is 8.70. The Bertz CT molecular complexity index is 743. The molecule has 0 amide bonds. The highest BCUT2D eigenvalue weighted by atomic mass is 16.5. The monoisotopic (exact) mass is 228 g/mol. The summed E-state index contributed by atoms with van der Waals surface area (Å²) in [6.45, 7) is 0. The van der Waals surface area contributed by atoms with Crippen LogP contribution in [-0.2, 0) is 0 Å². The summed E-state index contributed by atoms with van der Waals surface area (Å²) in [6, 6.07) is 6.94. The van der Waals surface area contributed by atoms with Gasteiger partial charge in [-0.15, -0.1) is 0 Å². The third-order valence-corrected chi connectivity index (χ3v) is 2.54. The van der Waals surface area contributed by atoms with Crippen LogP contribution >= 0.6 is 0 Å². The van der Waals surface area contributed by atoms with Gasteiger partial charge >= 0.3 is 0 Å². The van der Waals surface area contributed by atoms with Crippen LogP contribution in [0.2, 0.25) is 0 Å². The molecule has 2 aromatic heterocycles. The molecule has 0 unspecified atom stereocenters. The van der Waals surface area contributed by atoms with Gasteiger partial charge in [-0.1, -0.05) is 12.1 Å². The largest absolute Gasteiger partial charge is 0.463 e. The predicted octanol–water partition coefficient (Wildman–Crippen LogP) is 1.89. The van der Waals surface area contributed by atoms with E-state index in [0.29, 0.717) is 11.0 Å². The van der Waals surface area contributed by atoms with E-state index in [1.54, 1.807) is 24.3 Å². The highest BCUT2D eigenvalue weighted by molar-refractivity contribution is 5.80. The number of benzene rings is 1. The Balaban J connectivity index is 2.37. The van der Waals surface area contributed by atoms with E-state index in [-0.39, 0.29) is 16.8 Å². The highest BCUT2D eigenvalue weighted by Gasteiger charge is 2.12. The highest BCUT2D eigenvalue weighted by Crippen LogP contribution is 2.17. The van der Waals surface area contributed by atoms with Crippen molar-refractivity contribution in [1.82, 2.24) is 9.71 Å². The van der Waals surface area contributed by atoms with Crippen LogP contribution in [0.3, 0.4) is 0 Å². The maximum Gasteiger partial charge on any atom is 0.203 e. The van der Waals surface area contributed by atoms with Crippen LogP contribution < -0.4 is 5.43 Å². The van der Waals surface area contributed by atoms with E-state index in [1.807, 2.05) is 0 Å². The Kier molecular flexibility index (Phi) is 1.98. The number of fused-ring (bicyclic) bond motifs is 1. The number of hydrogen-bond donors (Lipinski definition) is 1. The van der Waals surface area contributed by atoms with E-state index in [4.69, 9.17) is 4.42 Å². The minimum atomic E-state index is -0.214. The van der Waals surface area contributed by atoms with Gasteiger partial charge in [0.1, 0.15) is 17.4 Å². The minimum absolute atomic E-state index is 0.171. The van der Waals surface area contributed by atoms with Gasteiger partial charge in [-0.25, -0.2) is 4.98 Å². The summed E-state index contributed by atoms with van der Waals surface area (Å²) in [6.07, 6.45) is 4.06. The quantitative estimate of drug-likeness (QED) is 0.646. The van der Waals surface area contributed by atoms with Crippen molar-refractivity contribution < 1.29 is 9.62 Å². The van der Waals surface area contributed by atoms with Crippen molar-refractivity contribution in [2.45, 2.75) is 0 Å². The zero-order valence-electron chi connectivity index (χ0n) is 8.70. The van der Waals surface area contributed by atoms with Crippen LogP contribution in [0.25, 0.3) is 22.4 Å². The molecule has 0 bridgehead atoms. The van der Waals surface area contributed by atoms with E-state index >= 15 is 0 Å². The fourth-order valence-corrected chi connectivity index (χ4v) is 1.72. The average Bonchev–Trinajstić information content (AvgIpc) is 2.76. The van der Waals surface area contributed by atoms with Gasteiger partial charge in [0.15, 0.2) is 5.82 Å². The Morgan fingerprint density at radius 2 is 2.12 bits per heavy atom. The van der Waals surface area contributed by atoms with Gasteiger partial charge in [0.25, 0.3) is 0 Å². The summed E-state index contributed by atoms with van der Waals surface area (Å²) in [5.41, 5.74) is 0.529. The second-order valence-electron chi connectivity index (χ2n) is 3.57. The van der Waals surface area contributed by atoms with Crippen molar-refractivity contribution in [2.75, 3.05) is 0 Å². The van der Waals surface area contributed by atoms with E-state index in [9.17, 15) is 10.0 Å². The molecule has 0 aliphatic rings. The standard InChI is InChI=1S/C12H8N2O3/c15-11-8-3-1-2-4-10(8)17-7-9(11)12-13-5-6-14(12)16/h1-7,16H. The van der Waals surface area contributed by atoms with Crippen molar-refractivity contribution in [3.63, 3.8) is 0 Å². The first-order chi connectivity index (χ1) is 8.27. The van der Waals surface area contributed by atoms with Crippen LogP contribution in [0.5, 0.6) is 0 Å². The molecule has 5 heteroatoms. The second-order valence-corrected chi connectivity index (χ2v) is 3.57. The molecule has 0 aliphatic carbocycles. The van der Waals surface area contributed by atoms with Crippen molar-refractivity contribution >= 4 is 11.0 Å². The van der Waals surface area contributed by atoms with Crippen molar-refractivity contribution in [3.05, 3.63) is 53.1 Å². The van der Waals surface area contributed by atoms with Crippen LogP contribution in [-0.4, -0.2) is 14.9 Å². The first kappa shape index (κ1) is 9.65. The summed E-state index contributed by atoms with van der Waals surface area (Å²) < 4.78 is 6.13. The molecule has 3 aromatic rings.